The largest absolute Gasteiger partial charge is 0.492 e. The molecule has 2 saturated heterocycles. The standard InChI is InChI=1S/C38H54ClN3O10S/c1-21(2)20-49-27-17-25-15-22(3)11-10-12-29(48-9)38(47)19-28(50-36(46)40-38)23(4)34-37(6,52-34)30(18-32(44)42(8)26(16-25)33(27)39)51-35(45)24(5)41(7)31(43)13-14-53/h10-12,16-17,21,23-24,28-30,34,47,53H,13-15,18-20H2,1-9H3,(H,40,46)/b12-10+,22-11+/t23-,24+,28+,29-,30+,34+,37+,38+/m1/s1. The number of epoxide rings is 1. The first-order chi connectivity index (χ1) is 24.8. The molecule has 4 bridgehead atoms. The number of likely N-dealkylation sites (N-methyl/N-ethyl adjacent to an activating group) is 1. The summed E-state index contributed by atoms with van der Waals surface area (Å²) in [4.78, 5) is 56.0. The van der Waals surface area contributed by atoms with E-state index in [2.05, 4.69) is 17.9 Å². The second kappa shape index (κ2) is 17.4. The van der Waals surface area contributed by atoms with E-state index in [1.54, 1.807) is 40.0 Å². The molecule has 0 saturated carbocycles. The Morgan fingerprint density at radius 2 is 1.94 bits per heavy atom. The van der Waals surface area contributed by atoms with Crippen LogP contribution in [0.25, 0.3) is 0 Å². The van der Waals surface area contributed by atoms with Crippen molar-refractivity contribution in [3.05, 3.63) is 46.5 Å². The number of carbonyl (C=O) groups is 4. The zero-order valence-electron chi connectivity index (χ0n) is 32.0. The van der Waals surface area contributed by atoms with Gasteiger partial charge >= 0.3 is 12.1 Å². The highest BCUT2D eigenvalue weighted by Gasteiger charge is 2.64. The van der Waals surface area contributed by atoms with Crippen LogP contribution in [0.5, 0.6) is 5.75 Å². The molecule has 15 heteroatoms. The lowest BCUT2D eigenvalue weighted by atomic mass is 9.83. The third-order valence-corrected chi connectivity index (χ3v) is 10.8. The molecule has 2 N–H and O–H groups in total. The van der Waals surface area contributed by atoms with E-state index in [1.807, 2.05) is 39.0 Å². The van der Waals surface area contributed by atoms with Crippen LogP contribution in [0.4, 0.5) is 10.5 Å². The van der Waals surface area contributed by atoms with Crippen LogP contribution in [0, 0.1) is 11.8 Å². The average molecular weight is 780 g/mol. The van der Waals surface area contributed by atoms with Gasteiger partial charge in [0.1, 0.15) is 40.7 Å². The number of amides is 3. The van der Waals surface area contributed by atoms with E-state index < -0.39 is 65.7 Å². The van der Waals surface area contributed by atoms with Gasteiger partial charge in [-0.15, -0.1) is 0 Å². The van der Waals surface area contributed by atoms with Gasteiger partial charge in [0.15, 0.2) is 5.72 Å². The van der Waals surface area contributed by atoms with Crippen LogP contribution >= 0.6 is 24.2 Å². The molecular weight excluding hydrogens is 726 g/mol. The van der Waals surface area contributed by atoms with Crippen LogP contribution in [0.2, 0.25) is 5.02 Å². The van der Waals surface area contributed by atoms with Gasteiger partial charge < -0.3 is 38.6 Å². The molecule has 1 aromatic carbocycles. The first-order valence-corrected chi connectivity index (χ1v) is 18.9. The summed E-state index contributed by atoms with van der Waals surface area (Å²) >= 11 is 11.0. The SMILES string of the molecule is CO[C@@H]1/C=C/C=C(\C)Cc2cc(OCC(C)C)c(Cl)c(c2)N(C)C(=O)C[C@H](OC(=O)[C@H](C)N(C)C(=O)CCS)[C@]2(C)O[C@H]2[C@H](C)[C@@H]2C[C@@]1(O)NC(=O)O2. The number of ether oxygens (including phenoxy) is 5. The van der Waals surface area contributed by atoms with Gasteiger partial charge in [-0.05, 0) is 56.6 Å². The number of carbonyl (C=O) groups excluding carboxylic acids is 4. The quantitative estimate of drug-likeness (QED) is 0.180. The highest BCUT2D eigenvalue weighted by Crippen LogP contribution is 2.49. The number of allylic oxidation sites excluding steroid dienone is 3. The number of thiol groups is 1. The average Bonchev–Trinajstić information content (AvgIpc) is 3.79. The molecule has 2 fully saturated rings. The predicted molar refractivity (Wildman–Crippen MR) is 203 cm³/mol. The van der Waals surface area contributed by atoms with Gasteiger partial charge in [-0.25, -0.2) is 9.59 Å². The monoisotopic (exact) mass is 779 g/mol. The number of alkyl carbamates (subject to hydrolysis) is 1. The molecule has 294 valence electrons. The normalized spacial score (nSPS) is 31.3. The molecule has 3 amide bonds. The van der Waals surface area contributed by atoms with Gasteiger partial charge in [0.05, 0.1) is 24.8 Å². The Morgan fingerprint density at radius 1 is 1.25 bits per heavy atom. The number of halogens is 1. The number of nitrogens with zero attached hydrogens (tertiary/aromatic N) is 2. The Balaban J connectivity index is 1.80. The van der Waals surface area contributed by atoms with Crippen molar-refractivity contribution in [2.24, 2.45) is 11.8 Å². The highest BCUT2D eigenvalue weighted by molar-refractivity contribution is 7.80. The van der Waals surface area contributed by atoms with E-state index in [4.69, 9.17) is 35.3 Å². The first-order valence-electron chi connectivity index (χ1n) is 17.9. The summed E-state index contributed by atoms with van der Waals surface area (Å²) in [5, 5.41) is 14.5. The molecule has 0 unspecified atom stereocenters. The van der Waals surface area contributed by atoms with E-state index in [0.717, 1.165) is 11.1 Å². The Morgan fingerprint density at radius 3 is 2.58 bits per heavy atom. The van der Waals surface area contributed by atoms with E-state index in [0.29, 0.717) is 30.2 Å². The third-order valence-electron chi connectivity index (χ3n) is 10.2. The van der Waals surface area contributed by atoms with Crippen molar-refractivity contribution in [1.29, 1.82) is 0 Å². The van der Waals surface area contributed by atoms with Crippen LogP contribution in [0.1, 0.15) is 66.4 Å². The third kappa shape index (κ3) is 9.88. The fraction of sp³-hybridized carbons (Fsp3) is 0.632. The first kappa shape index (κ1) is 42.4. The summed E-state index contributed by atoms with van der Waals surface area (Å²) < 4.78 is 29.7. The number of anilines is 1. The minimum atomic E-state index is -1.83. The maximum absolute atomic E-state index is 14.2. The molecule has 8 atom stereocenters. The van der Waals surface area contributed by atoms with Crippen molar-refractivity contribution in [2.45, 2.75) is 109 Å². The lowest BCUT2D eigenvalue weighted by Crippen LogP contribution is -2.63. The molecule has 4 rings (SSSR count). The molecule has 0 spiro atoms. The number of nitrogens with one attached hydrogen (secondary N) is 1. The Hall–Kier alpha value is -3.30. The minimum Gasteiger partial charge on any atom is -0.492 e. The Kier molecular flexibility index (Phi) is 14.0. The maximum Gasteiger partial charge on any atom is 0.409 e. The zero-order valence-corrected chi connectivity index (χ0v) is 33.7. The minimum absolute atomic E-state index is 0.0495. The maximum atomic E-state index is 14.2. The number of aliphatic hydroxyl groups is 1. The van der Waals surface area contributed by atoms with Gasteiger partial charge in [-0.1, -0.05) is 56.2 Å². The number of hydrogen-bond donors (Lipinski definition) is 3. The van der Waals surface area contributed by atoms with E-state index in [9.17, 15) is 24.3 Å². The summed E-state index contributed by atoms with van der Waals surface area (Å²) in [6.45, 7) is 11.4. The molecule has 0 aliphatic carbocycles. The van der Waals surface area contributed by atoms with Gasteiger partial charge in [0, 0.05) is 40.0 Å². The van der Waals surface area contributed by atoms with Crippen molar-refractivity contribution >= 4 is 53.8 Å². The Labute approximate surface area is 322 Å². The highest BCUT2D eigenvalue weighted by atomic mass is 35.5. The van der Waals surface area contributed by atoms with Crippen LogP contribution in [0.3, 0.4) is 0 Å². The lowest BCUT2D eigenvalue weighted by Gasteiger charge is -2.42. The number of esters is 1. The van der Waals surface area contributed by atoms with E-state index >= 15 is 0 Å². The second-order valence-corrected chi connectivity index (χ2v) is 15.7. The van der Waals surface area contributed by atoms with Crippen molar-refractivity contribution < 1.29 is 48.0 Å². The Bertz CT molecular complexity index is 1610. The summed E-state index contributed by atoms with van der Waals surface area (Å²) in [5.74, 6) is -1.03. The lowest BCUT2D eigenvalue weighted by molar-refractivity contribution is -0.161. The number of methoxy groups -OCH3 is 1. The number of hydrogen-bond acceptors (Lipinski definition) is 11. The van der Waals surface area contributed by atoms with Gasteiger partial charge in [0.2, 0.25) is 11.8 Å². The molecule has 53 heavy (non-hydrogen) atoms. The van der Waals surface area contributed by atoms with Crippen LogP contribution in [-0.2, 0) is 39.8 Å². The van der Waals surface area contributed by atoms with E-state index in [-0.39, 0.29) is 36.1 Å². The summed E-state index contributed by atoms with van der Waals surface area (Å²) in [5.41, 5.74) is -0.875. The zero-order chi connectivity index (χ0) is 39.4. The second-order valence-electron chi connectivity index (χ2n) is 14.9. The molecule has 0 aromatic heterocycles. The van der Waals surface area contributed by atoms with Crippen LogP contribution in [-0.4, -0.2) is 109 Å². The molecule has 1 aromatic rings. The van der Waals surface area contributed by atoms with Gasteiger partial charge in [0.25, 0.3) is 0 Å². The molecule has 3 aliphatic rings. The van der Waals surface area contributed by atoms with Gasteiger partial charge in [-0.3, -0.25) is 14.9 Å². The van der Waals surface area contributed by atoms with Crippen molar-refractivity contribution in [1.82, 2.24) is 10.2 Å². The van der Waals surface area contributed by atoms with Crippen molar-refractivity contribution in [3.63, 3.8) is 0 Å². The number of fused-ring (bicyclic) bond motifs is 5. The molecule has 0 radical (unpaired) electrons. The fourth-order valence-electron chi connectivity index (χ4n) is 6.70. The number of rotatable bonds is 9. The smallest absolute Gasteiger partial charge is 0.409 e. The molecule has 13 nitrogen and oxygen atoms in total. The fourth-order valence-corrected chi connectivity index (χ4v) is 7.18. The summed E-state index contributed by atoms with van der Waals surface area (Å²) in [6.07, 6.45) is 1.11. The van der Waals surface area contributed by atoms with Crippen molar-refractivity contribution in [3.8, 4) is 5.75 Å². The summed E-state index contributed by atoms with van der Waals surface area (Å²) in [7, 11) is 4.53. The van der Waals surface area contributed by atoms with E-state index in [1.165, 1.54) is 24.0 Å². The van der Waals surface area contributed by atoms with Gasteiger partial charge in [-0.2, -0.15) is 12.6 Å². The van der Waals surface area contributed by atoms with Crippen LogP contribution < -0.4 is 15.0 Å². The van der Waals surface area contributed by atoms with Crippen LogP contribution in [0.15, 0.2) is 35.9 Å². The van der Waals surface area contributed by atoms with Crippen molar-refractivity contribution in [2.75, 3.05) is 38.5 Å². The predicted octanol–water partition coefficient (Wildman–Crippen LogP) is 4.86. The molecule has 3 heterocycles. The number of benzene rings is 1. The molecule has 3 aliphatic heterocycles. The summed E-state index contributed by atoms with van der Waals surface area (Å²) in [6, 6.07) is 2.68. The molecular formula is C38H54ClN3O10S. The topological polar surface area (TPSA) is 156 Å².